The van der Waals surface area contributed by atoms with E-state index in [1.807, 2.05) is 36.4 Å². The summed E-state index contributed by atoms with van der Waals surface area (Å²) in [5.74, 6) is 0.278. The third-order valence-corrected chi connectivity index (χ3v) is 7.57. The number of amides is 3. The van der Waals surface area contributed by atoms with Crippen LogP contribution in [0.5, 0.6) is 5.75 Å². The van der Waals surface area contributed by atoms with Crippen LogP contribution in [0.1, 0.15) is 64.8 Å². The first-order valence-corrected chi connectivity index (χ1v) is 12.7. The minimum absolute atomic E-state index is 0.100. The molecule has 1 saturated carbocycles. The molecule has 2 aliphatic heterocycles. The Bertz CT molecular complexity index is 1120. The van der Waals surface area contributed by atoms with Gasteiger partial charge in [-0.25, -0.2) is 0 Å². The van der Waals surface area contributed by atoms with E-state index < -0.39 is 0 Å². The fourth-order valence-electron chi connectivity index (χ4n) is 5.65. The molecule has 2 fully saturated rings. The Morgan fingerprint density at radius 1 is 1.03 bits per heavy atom. The van der Waals surface area contributed by atoms with Gasteiger partial charge in [-0.2, -0.15) is 0 Å². The van der Waals surface area contributed by atoms with E-state index in [4.69, 9.17) is 4.74 Å². The zero-order chi connectivity index (χ0) is 24.4. The Morgan fingerprint density at radius 3 is 2.63 bits per heavy atom. The number of nitrogens with zero attached hydrogens (tertiary/aromatic N) is 2. The van der Waals surface area contributed by atoms with E-state index in [0.29, 0.717) is 36.7 Å². The summed E-state index contributed by atoms with van der Waals surface area (Å²) in [6.45, 7) is 1.65. The van der Waals surface area contributed by atoms with E-state index in [1.165, 1.54) is 17.7 Å². The van der Waals surface area contributed by atoms with E-state index in [-0.39, 0.29) is 23.6 Å². The maximum absolute atomic E-state index is 13.4. The average molecular weight is 476 g/mol. The van der Waals surface area contributed by atoms with Gasteiger partial charge in [0.2, 0.25) is 5.91 Å². The second kappa shape index (κ2) is 10.1. The molecule has 1 unspecified atom stereocenters. The second-order valence-corrected chi connectivity index (χ2v) is 9.84. The summed E-state index contributed by atoms with van der Waals surface area (Å²) in [5, 5.41) is 3.23. The molecule has 1 aliphatic carbocycles. The van der Waals surface area contributed by atoms with Gasteiger partial charge in [0, 0.05) is 25.7 Å². The molecule has 2 aromatic rings. The third kappa shape index (κ3) is 4.77. The highest BCUT2D eigenvalue weighted by Gasteiger charge is 2.39. The van der Waals surface area contributed by atoms with Crippen LogP contribution in [0.25, 0.3) is 0 Å². The molecule has 2 heterocycles. The molecule has 0 bridgehead atoms. The van der Waals surface area contributed by atoms with Crippen molar-refractivity contribution >= 4 is 23.4 Å². The second-order valence-electron chi connectivity index (χ2n) is 9.84. The first kappa shape index (κ1) is 23.4. The van der Waals surface area contributed by atoms with Gasteiger partial charge in [-0.05, 0) is 61.9 Å². The Balaban J connectivity index is 1.30. The summed E-state index contributed by atoms with van der Waals surface area (Å²) in [5.41, 5.74) is 2.70. The molecule has 3 amide bonds. The van der Waals surface area contributed by atoms with Crippen LogP contribution in [-0.4, -0.2) is 55.4 Å². The number of nitrogens with one attached hydrogen (secondary N) is 1. The summed E-state index contributed by atoms with van der Waals surface area (Å²) in [6.07, 6.45) is 6.79. The van der Waals surface area contributed by atoms with Crippen LogP contribution < -0.4 is 15.0 Å². The smallest absolute Gasteiger partial charge is 0.263 e. The molecular weight excluding hydrogens is 442 g/mol. The number of ether oxygens (including phenoxy) is 1. The minimum atomic E-state index is -0.249. The molecule has 1 atom stereocenters. The first-order valence-electron chi connectivity index (χ1n) is 12.7. The van der Waals surface area contributed by atoms with Crippen LogP contribution >= 0.6 is 0 Å². The molecule has 35 heavy (non-hydrogen) atoms. The number of benzene rings is 2. The van der Waals surface area contributed by atoms with Crippen LogP contribution in [0.4, 0.5) is 5.69 Å². The molecule has 7 heteroatoms. The van der Waals surface area contributed by atoms with Crippen LogP contribution in [0.15, 0.2) is 42.5 Å². The van der Waals surface area contributed by atoms with Gasteiger partial charge >= 0.3 is 0 Å². The Morgan fingerprint density at radius 2 is 1.83 bits per heavy atom. The number of hydrogen-bond acceptors (Lipinski definition) is 5. The average Bonchev–Trinajstić information content (AvgIpc) is 3.49. The number of methoxy groups -OCH3 is 1. The summed E-state index contributed by atoms with van der Waals surface area (Å²) < 4.78 is 5.28. The van der Waals surface area contributed by atoms with Crippen molar-refractivity contribution in [3.05, 3.63) is 59.2 Å². The van der Waals surface area contributed by atoms with E-state index in [1.54, 1.807) is 13.2 Å². The SMILES string of the molecule is COc1cccc(CCN2C(=O)c3cccc(N4CCCC(C(=O)NC5CCCC5)C4)c3C2=O)c1. The van der Waals surface area contributed by atoms with E-state index in [0.717, 1.165) is 49.2 Å². The highest BCUT2D eigenvalue weighted by Crippen LogP contribution is 2.34. The number of anilines is 1. The highest BCUT2D eigenvalue weighted by atomic mass is 16.5. The third-order valence-electron chi connectivity index (χ3n) is 7.57. The summed E-state index contributed by atoms with van der Waals surface area (Å²) >= 11 is 0. The van der Waals surface area contributed by atoms with Gasteiger partial charge in [-0.3, -0.25) is 19.3 Å². The molecule has 0 aromatic heterocycles. The number of rotatable bonds is 7. The summed E-state index contributed by atoms with van der Waals surface area (Å²) in [7, 11) is 1.62. The lowest BCUT2D eigenvalue weighted by atomic mass is 9.95. The lowest BCUT2D eigenvalue weighted by Crippen LogP contribution is -2.45. The number of imide groups is 1. The van der Waals surface area contributed by atoms with Crippen molar-refractivity contribution in [3.63, 3.8) is 0 Å². The van der Waals surface area contributed by atoms with Gasteiger partial charge in [0.05, 0.1) is 29.8 Å². The molecule has 0 radical (unpaired) electrons. The van der Waals surface area contributed by atoms with Gasteiger partial charge in [0.15, 0.2) is 0 Å². The van der Waals surface area contributed by atoms with Gasteiger partial charge in [-0.1, -0.05) is 31.0 Å². The first-order chi connectivity index (χ1) is 17.0. The Kier molecular flexibility index (Phi) is 6.75. The van der Waals surface area contributed by atoms with E-state index >= 15 is 0 Å². The van der Waals surface area contributed by atoms with Crippen LogP contribution in [0.3, 0.4) is 0 Å². The molecule has 184 valence electrons. The van der Waals surface area contributed by atoms with Crippen molar-refractivity contribution in [1.29, 1.82) is 0 Å². The van der Waals surface area contributed by atoms with Crippen molar-refractivity contribution in [1.82, 2.24) is 10.2 Å². The number of fused-ring (bicyclic) bond motifs is 1. The number of carbonyl (C=O) groups excluding carboxylic acids is 3. The van der Waals surface area contributed by atoms with Gasteiger partial charge < -0.3 is 15.0 Å². The predicted octanol–water partition coefficient (Wildman–Crippen LogP) is 3.81. The molecule has 7 nitrogen and oxygen atoms in total. The van der Waals surface area contributed by atoms with Crippen molar-refractivity contribution < 1.29 is 19.1 Å². The van der Waals surface area contributed by atoms with Crippen LogP contribution in [0.2, 0.25) is 0 Å². The van der Waals surface area contributed by atoms with Gasteiger partial charge in [0.1, 0.15) is 5.75 Å². The summed E-state index contributed by atoms with van der Waals surface area (Å²) in [6, 6.07) is 13.5. The number of piperidine rings is 1. The predicted molar refractivity (Wildman–Crippen MR) is 134 cm³/mol. The van der Waals surface area contributed by atoms with Crippen molar-refractivity contribution in [2.24, 2.45) is 5.92 Å². The summed E-state index contributed by atoms with van der Waals surface area (Å²) in [4.78, 5) is 43.0. The maximum Gasteiger partial charge on any atom is 0.263 e. The highest BCUT2D eigenvalue weighted by molar-refractivity contribution is 6.23. The lowest BCUT2D eigenvalue weighted by Gasteiger charge is -2.35. The molecule has 1 N–H and O–H groups in total. The lowest BCUT2D eigenvalue weighted by molar-refractivity contribution is -0.125. The Hall–Kier alpha value is -3.35. The largest absolute Gasteiger partial charge is 0.497 e. The Labute approximate surface area is 206 Å². The number of hydrogen-bond donors (Lipinski definition) is 1. The molecule has 2 aromatic carbocycles. The number of carbonyl (C=O) groups is 3. The van der Waals surface area contributed by atoms with Crippen molar-refractivity contribution in [2.75, 3.05) is 31.6 Å². The maximum atomic E-state index is 13.4. The standard InChI is InChI=1S/C28H33N3O4/c1-35-22-11-4-7-19(17-22)14-16-31-27(33)23-12-5-13-24(25(23)28(31)34)30-15-6-8-20(18-30)26(32)29-21-9-2-3-10-21/h4-5,7,11-13,17,20-21H,2-3,6,8-10,14-16,18H2,1H3,(H,29,32). The van der Waals surface area contributed by atoms with Crippen molar-refractivity contribution in [3.8, 4) is 5.75 Å². The van der Waals surface area contributed by atoms with Crippen LogP contribution in [0, 0.1) is 5.92 Å². The monoisotopic (exact) mass is 475 g/mol. The molecule has 3 aliphatic rings. The minimum Gasteiger partial charge on any atom is -0.497 e. The van der Waals surface area contributed by atoms with Crippen molar-refractivity contribution in [2.45, 2.75) is 51.0 Å². The topological polar surface area (TPSA) is 79.0 Å². The fraction of sp³-hybridized carbons (Fsp3) is 0.464. The molecular formula is C28H33N3O4. The van der Waals surface area contributed by atoms with E-state index in [9.17, 15) is 14.4 Å². The van der Waals surface area contributed by atoms with Gasteiger partial charge in [-0.15, -0.1) is 0 Å². The fourth-order valence-corrected chi connectivity index (χ4v) is 5.65. The quantitative estimate of drug-likeness (QED) is 0.616. The molecule has 0 spiro atoms. The molecule has 5 rings (SSSR count). The van der Waals surface area contributed by atoms with E-state index in [2.05, 4.69) is 10.2 Å². The van der Waals surface area contributed by atoms with Gasteiger partial charge in [0.25, 0.3) is 11.8 Å². The normalized spacial score (nSPS) is 20.3. The molecule has 1 saturated heterocycles. The van der Waals surface area contributed by atoms with Crippen LogP contribution in [-0.2, 0) is 11.2 Å². The zero-order valence-corrected chi connectivity index (χ0v) is 20.3. The zero-order valence-electron chi connectivity index (χ0n) is 20.3.